The fraction of sp³-hybridized carbons (Fsp3) is 0.500. The molecule has 1 atom stereocenters. The van der Waals surface area contributed by atoms with E-state index >= 15 is 0 Å². The number of aromatic amines is 1. The second kappa shape index (κ2) is 3.57. The van der Waals surface area contributed by atoms with Gasteiger partial charge < -0.3 is 9.72 Å². The van der Waals surface area contributed by atoms with Crippen molar-refractivity contribution in [1.29, 1.82) is 0 Å². The van der Waals surface area contributed by atoms with E-state index in [1.807, 2.05) is 0 Å². The minimum absolute atomic E-state index is 0.0209. The maximum atomic E-state index is 11.5. The summed E-state index contributed by atoms with van der Waals surface area (Å²) in [5.41, 5.74) is 0. The van der Waals surface area contributed by atoms with Crippen LogP contribution in [0.25, 0.3) is 0 Å². The SMILES string of the molecule is O=C(Nc1ncc[nH]1)C1CCOC1. The Morgan fingerprint density at radius 2 is 2.69 bits per heavy atom. The number of carbonyl (C=O) groups excluding carboxylic acids is 1. The van der Waals surface area contributed by atoms with E-state index in [-0.39, 0.29) is 11.8 Å². The van der Waals surface area contributed by atoms with Gasteiger partial charge in [-0.1, -0.05) is 0 Å². The first-order chi connectivity index (χ1) is 6.36. The second-order valence-corrected chi connectivity index (χ2v) is 2.99. The van der Waals surface area contributed by atoms with Crippen molar-refractivity contribution in [3.8, 4) is 0 Å². The van der Waals surface area contributed by atoms with Crippen molar-refractivity contribution in [2.75, 3.05) is 18.5 Å². The molecule has 2 heterocycles. The van der Waals surface area contributed by atoms with E-state index in [1.165, 1.54) is 0 Å². The van der Waals surface area contributed by atoms with Crippen LogP contribution in [-0.4, -0.2) is 29.1 Å². The minimum Gasteiger partial charge on any atom is -0.381 e. The van der Waals surface area contributed by atoms with Crippen molar-refractivity contribution in [2.24, 2.45) is 5.92 Å². The summed E-state index contributed by atoms with van der Waals surface area (Å²) in [5.74, 6) is 0.453. The van der Waals surface area contributed by atoms with E-state index in [2.05, 4.69) is 15.3 Å². The number of anilines is 1. The number of nitrogens with one attached hydrogen (secondary N) is 2. The lowest BCUT2D eigenvalue weighted by Gasteiger charge is -2.05. The molecule has 2 rings (SSSR count). The van der Waals surface area contributed by atoms with E-state index in [1.54, 1.807) is 12.4 Å². The third-order valence-electron chi connectivity index (χ3n) is 2.04. The van der Waals surface area contributed by atoms with Crippen LogP contribution in [0.2, 0.25) is 0 Å². The van der Waals surface area contributed by atoms with Crippen LogP contribution in [0.5, 0.6) is 0 Å². The molecule has 70 valence electrons. The van der Waals surface area contributed by atoms with Crippen LogP contribution in [0.1, 0.15) is 6.42 Å². The van der Waals surface area contributed by atoms with Gasteiger partial charge in [0.25, 0.3) is 0 Å². The highest BCUT2D eigenvalue weighted by Gasteiger charge is 2.23. The van der Waals surface area contributed by atoms with E-state index in [0.717, 1.165) is 6.42 Å². The van der Waals surface area contributed by atoms with Gasteiger partial charge >= 0.3 is 0 Å². The van der Waals surface area contributed by atoms with Gasteiger partial charge in [-0.3, -0.25) is 10.1 Å². The van der Waals surface area contributed by atoms with E-state index < -0.39 is 0 Å². The number of nitrogens with zero attached hydrogens (tertiary/aromatic N) is 1. The molecule has 0 saturated carbocycles. The Hall–Kier alpha value is -1.36. The van der Waals surface area contributed by atoms with E-state index in [0.29, 0.717) is 19.2 Å². The zero-order valence-corrected chi connectivity index (χ0v) is 7.12. The lowest BCUT2D eigenvalue weighted by Crippen LogP contribution is -2.23. The molecule has 1 amide bonds. The van der Waals surface area contributed by atoms with Gasteiger partial charge in [-0.25, -0.2) is 4.98 Å². The fourth-order valence-corrected chi connectivity index (χ4v) is 1.29. The number of carbonyl (C=O) groups is 1. The lowest BCUT2D eigenvalue weighted by atomic mass is 10.1. The molecule has 0 radical (unpaired) electrons. The average molecular weight is 181 g/mol. The number of hydrogen-bond donors (Lipinski definition) is 2. The zero-order chi connectivity index (χ0) is 9.10. The van der Waals surface area contributed by atoms with Gasteiger partial charge in [0.15, 0.2) is 0 Å². The number of amides is 1. The number of rotatable bonds is 2. The van der Waals surface area contributed by atoms with Crippen LogP contribution in [0, 0.1) is 5.92 Å². The molecule has 13 heavy (non-hydrogen) atoms. The highest BCUT2D eigenvalue weighted by atomic mass is 16.5. The molecular formula is C8H11N3O2. The van der Waals surface area contributed by atoms with Crippen LogP contribution in [-0.2, 0) is 9.53 Å². The summed E-state index contributed by atoms with van der Waals surface area (Å²) >= 11 is 0. The summed E-state index contributed by atoms with van der Waals surface area (Å²) in [7, 11) is 0. The molecule has 1 fully saturated rings. The summed E-state index contributed by atoms with van der Waals surface area (Å²) in [6.45, 7) is 1.20. The molecule has 0 spiro atoms. The molecule has 1 unspecified atom stereocenters. The molecule has 1 saturated heterocycles. The van der Waals surface area contributed by atoms with Gasteiger partial charge in [-0.05, 0) is 6.42 Å². The summed E-state index contributed by atoms with van der Waals surface area (Å²) in [6.07, 6.45) is 4.06. The maximum absolute atomic E-state index is 11.5. The van der Waals surface area contributed by atoms with Crippen LogP contribution in [0.3, 0.4) is 0 Å². The van der Waals surface area contributed by atoms with Crippen molar-refractivity contribution in [3.63, 3.8) is 0 Å². The number of H-pyrrole nitrogens is 1. The summed E-state index contributed by atoms with van der Waals surface area (Å²) in [5, 5.41) is 2.68. The Kier molecular flexibility index (Phi) is 2.27. The Labute approximate surface area is 75.5 Å². The molecule has 1 aliphatic heterocycles. The predicted octanol–water partition coefficient (Wildman–Crippen LogP) is 0.385. The standard InChI is InChI=1S/C8H11N3O2/c12-7(6-1-4-13-5-6)11-8-9-2-3-10-8/h2-3,6H,1,4-5H2,(H2,9,10,11,12). The average Bonchev–Trinajstić information content (AvgIpc) is 2.74. The van der Waals surface area contributed by atoms with Crippen molar-refractivity contribution >= 4 is 11.9 Å². The van der Waals surface area contributed by atoms with Crippen LogP contribution >= 0.6 is 0 Å². The normalized spacial score (nSPS) is 21.7. The number of hydrogen-bond acceptors (Lipinski definition) is 3. The topological polar surface area (TPSA) is 67.0 Å². The molecule has 5 heteroatoms. The summed E-state index contributed by atoms with van der Waals surface area (Å²) < 4.78 is 5.11. The van der Waals surface area contributed by atoms with E-state index in [4.69, 9.17) is 4.74 Å². The zero-order valence-electron chi connectivity index (χ0n) is 7.12. The number of aromatic nitrogens is 2. The molecule has 1 aromatic rings. The van der Waals surface area contributed by atoms with Crippen molar-refractivity contribution in [1.82, 2.24) is 9.97 Å². The highest BCUT2D eigenvalue weighted by molar-refractivity contribution is 5.91. The van der Waals surface area contributed by atoms with Gasteiger partial charge in [-0.2, -0.15) is 0 Å². The summed E-state index contributed by atoms with van der Waals surface area (Å²) in [4.78, 5) is 18.2. The fourth-order valence-electron chi connectivity index (χ4n) is 1.29. The monoisotopic (exact) mass is 181 g/mol. The Morgan fingerprint density at radius 1 is 1.77 bits per heavy atom. The van der Waals surface area contributed by atoms with Gasteiger partial charge in [0.05, 0.1) is 12.5 Å². The van der Waals surface area contributed by atoms with Crippen molar-refractivity contribution < 1.29 is 9.53 Å². The Balaban J connectivity index is 1.91. The molecule has 1 aromatic heterocycles. The molecule has 2 N–H and O–H groups in total. The first-order valence-corrected chi connectivity index (χ1v) is 4.24. The predicted molar refractivity (Wildman–Crippen MR) is 46.1 cm³/mol. The smallest absolute Gasteiger partial charge is 0.232 e. The molecular weight excluding hydrogens is 170 g/mol. The third kappa shape index (κ3) is 1.86. The van der Waals surface area contributed by atoms with Crippen molar-refractivity contribution in [3.05, 3.63) is 12.4 Å². The molecule has 0 bridgehead atoms. The van der Waals surface area contributed by atoms with Crippen molar-refractivity contribution in [2.45, 2.75) is 6.42 Å². The van der Waals surface area contributed by atoms with Crippen LogP contribution in [0.4, 0.5) is 5.95 Å². The molecule has 0 aliphatic carbocycles. The maximum Gasteiger partial charge on any atom is 0.232 e. The van der Waals surface area contributed by atoms with Gasteiger partial charge in [0, 0.05) is 19.0 Å². The largest absolute Gasteiger partial charge is 0.381 e. The number of ether oxygens (including phenoxy) is 1. The molecule has 0 aromatic carbocycles. The number of imidazole rings is 1. The van der Waals surface area contributed by atoms with Gasteiger partial charge in [-0.15, -0.1) is 0 Å². The first-order valence-electron chi connectivity index (χ1n) is 4.24. The lowest BCUT2D eigenvalue weighted by molar-refractivity contribution is -0.119. The Bertz CT molecular complexity index is 278. The Morgan fingerprint density at radius 3 is 3.31 bits per heavy atom. The molecule has 5 nitrogen and oxygen atoms in total. The first kappa shape index (κ1) is 8.25. The quantitative estimate of drug-likeness (QED) is 0.693. The third-order valence-corrected chi connectivity index (χ3v) is 2.04. The minimum atomic E-state index is -0.0231. The van der Waals surface area contributed by atoms with Gasteiger partial charge in [0.1, 0.15) is 0 Å². The summed E-state index contributed by atoms with van der Waals surface area (Å²) in [6, 6.07) is 0. The van der Waals surface area contributed by atoms with Gasteiger partial charge in [0.2, 0.25) is 11.9 Å². The molecule has 1 aliphatic rings. The van der Waals surface area contributed by atoms with E-state index in [9.17, 15) is 4.79 Å². The second-order valence-electron chi connectivity index (χ2n) is 2.99. The highest BCUT2D eigenvalue weighted by Crippen LogP contribution is 2.13. The van der Waals surface area contributed by atoms with Crippen LogP contribution in [0.15, 0.2) is 12.4 Å². The van der Waals surface area contributed by atoms with Crippen LogP contribution < -0.4 is 5.32 Å².